The third kappa shape index (κ3) is 4.28. The summed E-state index contributed by atoms with van der Waals surface area (Å²) in [5.41, 5.74) is 1.59. The van der Waals surface area contributed by atoms with Crippen LogP contribution in [0.25, 0.3) is 5.69 Å². The lowest BCUT2D eigenvalue weighted by Gasteiger charge is -2.14. The van der Waals surface area contributed by atoms with Crippen molar-refractivity contribution in [2.75, 3.05) is 19.5 Å². The Balaban J connectivity index is 1.74. The van der Waals surface area contributed by atoms with E-state index in [4.69, 9.17) is 9.47 Å². The number of para-hydroxylation sites is 1. The molecular weight excluding hydrogens is 376 g/mol. The van der Waals surface area contributed by atoms with E-state index in [0.29, 0.717) is 22.3 Å². The van der Waals surface area contributed by atoms with Crippen LogP contribution in [-0.4, -0.2) is 40.1 Å². The van der Waals surface area contributed by atoms with Crippen molar-refractivity contribution in [3.63, 3.8) is 0 Å². The number of nitrogens with one attached hydrogen (secondary N) is 1. The molecule has 0 spiro atoms. The maximum absolute atomic E-state index is 12.7. The molecule has 1 N–H and O–H groups in total. The van der Waals surface area contributed by atoms with Crippen molar-refractivity contribution in [1.82, 2.24) is 14.8 Å². The Labute approximate surface area is 168 Å². The van der Waals surface area contributed by atoms with E-state index in [1.54, 1.807) is 32.4 Å². The molecule has 1 atom stereocenters. The second-order valence-corrected chi connectivity index (χ2v) is 7.33. The SMILES string of the molecule is COc1ccc(NC(=O)[C@H](C)Sc2nnc(C)n2-c2ccccc2)cc1OC. The van der Waals surface area contributed by atoms with Gasteiger partial charge in [0, 0.05) is 17.4 Å². The first-order valence-corrected chi connectivity index (χ1v) is 9.58. The Kier molecular flexibility index (Phi) is 6.20. The molecule has 1 amide bonds. The Morgan fingerprint density at radius 2 is 1.79 bits per heavy atom. The highest BCUT2D eigenvalue weighted by Crippen LogP contribution is 2.31. The number of anilines is 1. The van der Waals surface area contributed by atoms with Crippen molar-refractivity contribution in [1.29, 1.82) is 0 Å². The molecule has 0 aliphatic carbocycles. The van der Waals surface area contributed by atoms with Gasteiger partial charge in [0.1, 0.15) is 5.82 Å². The molecule has 2 aromatic carbocycles. The fraction of sp³-hybridized carbons (Fsp3) is 0.250. The van der Waals surface area contributed by atoms with Gasteiger partial charge in [-0.25, -0.2) is 0 Å². The van der Waals surface area contributed by atoms with Crippen LogP contribution in [0.3, 0.4) is 0 Å². The van der Waals surface area contributed by atoms with Gasteiger partial charge in [0.2, 0.25) is 5.91 Å². The smallest absolute Gasteiger partial charge is 0.237 e. The summed E-state index contributed by atoms with van der Waals surface area (Å²) in [5, 5.41) is 11.6. The Hall–Kier alpha value is -3.00. The number of hydrogen-bond donors (Lipinski definition) is 1. The first-order chi connectivity index (χ1) is 13.5. The van der Waals surface area contributed by atoms with Crippen LogP contribution in [0.5, 0.6) is 11.5 Å². The molecule has 0 saturated heterocycles. The topological polar surface area (TPSA) is 78.3 Å². The number of hydrogen-bond acceptors (Lipinski definition) is 6. The van der Waals surface area contributed by atoms with E-state index in [1.165, 1.54) is 11.8 Å². The molecule has 0 aliphatic rings. The zero-order chi connectivity index (χ0) is 20.1. The van der Waals surface area contributed by atoms with Crippen molar-refractivity contribution in [2.45, 2.75) is 24.3 Å². The number of methoxy groups -OCH3 is 2. The molecule has 0 unspecified atom stereocenters. The molecule has 1 heterocycles. The van der Waals surface area contributed by atoms with Gasteiger partial charge < -0.3 is 14.8 Å². The van der Waals surface area contributed by atoms with Crippen molar-refractivity contribution >= 4 is 23.4 Å². The number of thioether (sulfide) groups is 1. The highest BCUT2D eigenvalue weighted by Gasteiger charge is 2.20. The minimum Gasteiger partial charge on any atom is -0.493 e. The van der Waals surface area contributed by atoms with Gasteiger partial charge in [-0.05, 0) is 38.1 Å². The largest absolute Gasteiger partial charge is 0.493 e. The highest BCUT2D eigenvalue weighted by atomic mass is 32.2. The number of carbonyl (C=O) groups is 1. The molecule has 0 aliphatic heterocycles. The molecule has 3 rings (SSSR count). The standard InChI is InChI=1S/C20H22N4O3S/c1-13(19(25)21-15-10-11-17(26-3)18(12-15)27-4)28-20-23-22-14(2)24(20)16-8-6-5-7-9-16/h5-13H,1-4H3,(H,21,25)/t13-/m0/s1. The lowest BCUT2D eigenvalue weighted by atomic mass is 10.2. The Morgan fingerprint density at radius 3 is 2.46 bits per heavy atom. The van der Waals surface area contributed by atoms with Crippen LogP contribution in [0.4, 0.5) is 5.69 Å². The second-order valence-electron chi connectivity index (χ2n) is 6.02. The molecule has 146 valence electrons. The van der Waals surface area contributed by atoms with E-state index in [2.05, 4.69) is 15.5 Å². The van der Waals surface area contributed by atoms with E-state index >= 15 is 0 Å². The fourth-order valence-corrected chi connectivity index (χ4v) is 3.58. The van der Waals surface area contributed by atoms with Gasteiger partial charge in [-0.3, -0.25) is 9.36 Å². The van der Waals surface area contributed by atoms with E-state index < -0.39 is 0 Å². The van der Waals surface area contributed by atoms with Crippen LogP contribution in [0.1, 0.15) is 12.7 Å². The van der Waals surface area contributed by atoms with Gasteiger partial charge in [-0.2, -0.15) is 0 Å². The highest BCUT2D eigenvalue weighted by molar-refractivity contribution is 8.00. The van der Waals surface area contributed by atoms with Crippen LogP contribution >= 0.6 is 11.8 Å². The van der Waals surface area contributed by atoms with Crippen molar-refractivity contribution < 1.29 is 14.3 Å². The summed E-state index contributed by atoms with van der Waals surface area (Å²) in [7, 11) is 3.13. The molecule has 1 aromatic heterocycles. The summed E-state index contributed by atoms with van der Waals surface area (Å²) in [5.74, 6) is 1.79. The minimum atomic E-state index is -0.376. The average molecular weight is 398 g/mol. The maximum Gasteiger partial charge on any atom is 0.237 e. The third-order valence-corrected chi connectivity index (χ3v) is 5.15. The summed E-state index contributed by atoms with van der Waals surface area (Å²) in [6, 6.07) is 15.1. The van der Waals surface area contributed by atoms with Gasteiger partial charge in [-0.1, -0.05) is 30.0 Å². The first kappa shape index (κ1) is 19.8. The van der Waals surface area contributed by atoms with Gasteiger partial charge in [0.15, 0.2) is 16.7 Å². The number of nitrogens with zero attached hydrogens (tertiary/aromatic N) is 3. The number of benzene rings is 2. The number of aryl methyl sites for hydroxylation is 1. The van der Waals surface area contributed by atoms with Gasteiger partial charge in [-0.15, -0.1) is 10.2 Å². The molecule has 0 radical (unpaired) electrons. The van der Waals surface area contributed by atoms with Crippen LogP contribution in [0, 0.1) is 6.92 Å². The normalized spacial score (nSPS) is 11.7. The molecule has 28 heavy (non-hydrogen) atoms. The van der Waals surface area contributed by atoms with Crippen molar-refractivity contribution in [3.8, 4) is 17.2 Å². The van der Waals surface area contributed by atoms with Crippen LogP contribution in [0.15, 0.2) is 53.7 Å². The van der Waals surface area contributed by atoms with E-state index in [0.717, 1.165) is 11.5 Å². The monoisotopic (exact) mass is 398 g/mol. The first-order valence-electron chi connectivity index (χ1n) is 8.70. The van der Waals surface area contributed by atoms with Crippen LogP contribution in [-0.2, 0) is 4.79 Å². The second kappa shape index (κ2) is 8.79. The van der Waals surface area contributed by atoms with Crippen LogP contribution in [0.2, 0.25) is 0 Å². The zero-order valence-electron chi connectivity index (χ0n) is 16.2. The lowest BCUT2D eigenvalue weighted by molar-refractivity contribution is -0.115. The van der Waals surface area contributed by atoms with E-state index in [-0.39, 0.29) is 11.2 Å². The number of aromatic nitrogens is 3. The predicted octanol–water partition coefficient (Wildman–Crippen LogP) is 3.71. The van der Waals surface area contributed by atoms with Gasteiger partial charge in [0.25, 0.3) is 0 Å². The summed E-state index contributed by atoms with van der Waals surface area (Å²) in [6.45, 7) is 3.72. The maximum atomic E-state index is 12.7. The van der Waals surface area contributed by atoms with Gasteiger partial charge in [0.05, 0.1) is 19.5 Å². The van der Waals surface area contributed by atoms with E-state index in [1.807, 2.05) is 48.7 Å². The molecule has 0 saturated carbocycles. The lowest BCUT2D eigenvalue weighted by Crippen LogP contribution is -2.23. The molecule has 0 fully saturated rings. The number of carbonyl (C=O) groups excluding carboxylic acids is 1. The molecule has 7 nitrogen and oxygen atoms in total. The van der Waals surface area contributed by atoms with Crippen molar-refractivity contribution in [3.05, 3.63) is 54.4 Å². The number of rotatable bonds is 7. The molecular formula is C20H22N4O3S. The summed E-state index contributed by atoms with van der Waals surface area (Å²) < 4.78 is 12.4. The quantitative estimate of drug-likeness (QED) is 0.611. The summed E-state index contributed by atoms with van der Waals surface area (Å²) in [4.78, 5) is 12.7. The summed E-state index contributed by atoms with van der Waals surface area (Å²) >= 11 is 1.35. The number of amides is 1. The Morgan fingerprint density at radius 1 is 1.07 bits per heavy atom. The van der Waals surface area contributed by atoms with Gasteiger partial charge >= 0.3 is 0 Å². The van der Waals surface area contributed by atoms with Crippen LogP contribution < -0.4 is 14.8 Å². The predicted molar refractivity (Wildman–Crippen MR) is 110 cm³/mol. The Bertz CT molecular complexity index is 959. The minimum absolute atomic E-state index is 0.141. The third-order valence-electron chi connectivity index (χ3n) is 4.11. The molecule has 3 aromatic rings. The average Bonchev–Trinajstić information content (AvgIpc) is 3.08. The molecule has 8 heteroatoms. The molecule has 0 bridgehead atoms. The fourth-order valence-electron chi connectivity index (χ4n) is 2.66. The van der Waals surface area contributed by atoms with E-state index in [9.17, 15) is 4.79 Å². The number of ether oxygens (including phenoxy) is 2. The van der Waals surface area contributed by atoms with Crippen molar-refractivity contribution in [2.24, 2.45) is 0 Å². The zero-order valence-corrected chi connectivity index (χ0v) is 17.0. The summed E-state index contributed by atoms with van der Waals surface area (Å²) in [6.07, 6.45) is 0.